The third kappa shape index (κ3) is 2.78. The van der Waals surface area contributed by atoms with E-state index in [1.807, 2.05) is 13.0 Å². The highest BCUT2D eigenvalue weighted by Gasteiger charge is 2.27. The smallest absolute Gasteiger partial charge is 0.165 e. The summed E-state index contributed by atoms with van der Waals surface area (Å²) in [5.74, 6) is 0.0125. The molecule has 0 heterocycles. The van der Waals surface area contributed by atoms with Crippen molar-refractivity contribution in [3.05, 3.63) is 29.6 Å². The fourth-order valence-corrected chi connectivity index (χ4v) is 2.17. The van der Waals surface area contributed by atoms with Gasteiger partial charge in [0.15, 0.2) is 11.6 Å². The van der Waals surface area contributed by atoms with E-state index >= 15 is 0 Å². The Morgan fingerprint density at radius 3 is 2.29 bits per heavy atom. The van der Waals surface area contributed by atoms with Crippen LogP contribution in [0.15, 0.2) is 18.2 Å². The molecule has 0 aliphatic rings. The van der Waals surface area contributed by atoms with Crippen molar-refractivity contribution in [2.24, 2.45) is 5.73 Å². The van der Waals surface area contributed by atoms with E-state index < -0.39 is 0 Å². The number of nitrogens with two attached hydrogens (primary N) is 1. The van der Waals surface area contributed by atoms with Crippen molar-refractivity contribution in [3.63, 3.8) is 0 Å². The van der Waals surface area contributed by atoms with Crippen LogP contribution in [0.4, 0.5) is 4.39 Å². The van der Waals surface area contributed by atoms with E-state index in [1.54, 1.807) is 12.1 Å². The van der Waals surface area contributed by atoms with Crippen LogP contribution in [-0.4, -0.2) is 13.2 Å². The second-order valence-electron chi connectivity index (χ2n) is 4.27. The van der Waals surface area contributed by atoms with Gasteiger partial charge in [-0.1, -0.05) is 19.9 Å². The zero-order chi connectivity index (χ0) is 12.9. The van der Waals surface area contributed by atoms with Crippen molar-refractivity contribution in [1.82, 2.24) is 0 Å². The maximum atomic E-state index is 13.8. The van der Waals surface area contributed by atoms with Crippen molar-refractivity contribution in [2.75, 3.05) is 13.2 Å². The molecule has 0 aliphatic carbocycles. The van der Waals surface area contributed by atoms with Gasteiger partial charge in [-0.25, -0.2) is 4.39 Å². The summed E-state index contributed by atoms with van der Waals surface area (Å²) >= 11 is 0. The van der Waals surface area contributed by atoms with Crippen molar-refractivity contribution in [1.29, 1.82) is 0 Å². The van der Waals surface area contributed by atoms with Crippen molar-refractivity contribution < 1.29 is 9.13 Å². The molecule has 2 nitrogen and oxygen atoms in total. The van der Waals surface area contributed by atoms with E-state index in [4.69, 9.17) is 10.5 Å². The first-order valence-electron chi connectivity index (χ1n) is 6.26. The summed E-state index contributed by atoms with van der Waals surface area (Å²) in [6, 6.07) is 5.18. The number of ether oxygens (including phenoxy) is 1. The van der Waals surface area contributed by atoms with Crippen LogP contribution < -0.4 is 10.5 Å². The van der Waals surface area contributed by atoms with E-state index in [9.17, 15) is 4.39 Å². The molecule has 2 N–H and O–H groups in total. The van der Waals surface area contributed by atoms with Crippen molar-refractivity contribution >= 4 is 0 Å². The first kappa shape index (κ1) is 14.0. The van der Waals surface area contributed by atoms with E-state index in [2.05, 4.69) is 13.8 Å². The Labute approximate surface area is 103 Å². The summed E-state index contributed by atoms with van der Waals surface area (Å²) in [5, 5.41) is 0. The zero-order valence-corrected chi connectivity index (χ0v) is 10.9. The van der Waals surface area contributed by atoms with Gasteiger partial charge in [-0.2, -0.15) is 0 Å². The van der Waals surface area contributed by atoms with Crippen LogP contribution in [0.1, 0.15) is 39.2 Å². The Kier molecular flexibility index (Phi) is 4.94. The highest BCUT2D eigenvalue weighted by Crippen LogP contribution is 2.32. The molecule has 3 heteroatoms. The van der Waals surface area contributed by atoms with E-state index in [0.29, 0.717) is 18.9 Å². The quantitative estimate of drug-likeness (QED) is 0.827. The van der Waals surface area contributed by atoms with Gasteiger partial charge < -0.3 is 10.5 Å². The Balaban J connectivity index is 3.10. The van der Waals surface area contributed by atoms with Gasteiger partial charge in [0, 0.05) is 12.0 Å². The topological polar surface area (TPSA) is 35.2 Å². The maximum Gasteiger partial charge on any atom is 0.165 e. The molecule has 0 saturated heterocycles. The summed E-state index contributed by atoms with van der Waals surface area (Å²) < 4.78 is 19.0. The number of halogens is 1. The molecule has 0 atom stereocenters. The fourth-order valence-electron chi connectivity index (χ4n) is 2.17. The molecule has 0 bridgehead atoms. The minimum atomic E-state index is -0.302. The molecular weight excluding hydrogens is 217 g/mol. The third-order valence-corrected chi connectivity index (χ3v) is 3.59. The van der Waals surface area contributed by atoms with Crippen LogP contribution in [0.5, 0.6) is 5.75 Å². The first-order chi connectivity index (χ1) is 8.13. The zero-order valence-electron chi connectivity index (χ0n) is 10.9. The molecule has 1 aromatic carbocycles. The van der Waals surface area contributed by atoms with Gasteiger partial charge >= 0.3 is 0 Å². The summed E-state index contributed by atoms with van der Waals surface area (Å²) in [4.78, 5) is 0. The van der Waals surface area contributed by atoms with Crippen LogP contribution in [0.25, 0.3) is 0 Å². The normalized spacial score (nSPS) is 11.6. The Morgan fingerprint density at radius 1 is 1.24 bits per heavy atom. The van der Waals surface area contributed by atoms with Crippen LogP contribution in [-0.2, 0) is 5.41 Å². The lowest BCUT2D eigenvalue weighted by Gasteiger charge is -2.31. The van der Waals surface area contributed by atoms with Crippen molar-refractivity contribution in [3.8, 4) is 5.75 Å². The average Bonchev–Trinajstić information content (AvgIpc) is 2.35. The lowest BCUT2D eigenvalue weighted by atomic mass is 9.76. The molecule has 17 heavy (non-hydrogen) atoms. The van der Waals surface area contributed by atoms with Gasteiger partial charge in [0.25, 0.3) is 0 Å². The molecule has 0 saturated carbocycles. The van der Waals surface area contributed by atoms with Crippen LogP contribution in [0, 0.1) is 5.82 Å². The van der Waals surface area contributed by atoms with Gasteiger partial charge in [-0.05, 0) is 37.5 Å². The number of rotatable bonds is 6. The SMILES string of the molecule is CCOc1ccc(C(CC)(CC)CN)cc1F. The third-order valence-electron chi connectivity index (χ3n) is 3.59. The van der Waals surface area contributed by atoms with Crippen LogP contribution in [0.3, 0.4) is 0 Å². The molecular formula is C14H22FNO. The predicted molar refractivity (Wildman–Crippen MR) is 68.9 cm³/mol. The minimum Gasteiger partial charge on any atom is -0.491 e. The molecule has 0 amide bonds. The number of hydrogen-bond donors (Lipinski definition) is 1. The Bertz CT molecular complexity index is 353. The van der Waals surface area contributed by atoms with Gasteiger partial charge in [-0.15, -0.1) is 0 Å². The van der Waals surface area contributed by atoms with Crippen LogP contribution >= 0.6 is 0 Å². The van der Waals surface area contributed by atoms with E-state index in [0.717, 1.165) is 18.4 Å². The number of hydrogen-bond acceptors (Lipinski definition) is 2. The lowest BCUT2D eigenvalue weighted by molar-refractivity contribution is 0.320. The first-order valence-corrected chi connectivity index (χ1v) is 6.26. The average molecular weight is 239 g/mol. The molecule has 0 aromatic heterocycles. The molecule has 0 radical (unpaired) electrons. The molecule has 96 valence electrons. The summed E-state index contributed by atoms with van der Waals surface area (Å²) in [5.41, 5.74) is 6.70. The Hall–Kier alpha value is -1.09. The van der Waals surface area contributed by atoms with Crippen LogP contribution in [0.2, 0.25) is 0 Å². The highest BCUT2D eigenvalue weighted by atomic mass is 19.1. The van der Waals surface area contributed by atoms with E-state index in [-0.39, 0.29) is 11.2 Å². The second-order valence-corrected chi connectivity index (χ2v) is 4.27. The van der Waals surface area contributed by atoms with Gasteiger partial charge in [0.05, 0.1) is 6.61 Å². The van der Waals surface area contributed by atoms with Gasteiger partial charge in [0.1, 0.15) is 0 Å². The van der Waals surface area contributed by atoms with Gasteiger partial charge in [-0.3, -0.25) is 0 Å². The van der Waals surface area contributed by atoms with Gasteiger partial charge in [0.2, 0.25) is 0 Å². The van der Waals surface area contributed by atoms with E-state index in [1.165, 1.54) is 0 Å². The molecule has 0 fully saturated rings. The molecule has 0 aliphatic heterocycles. The fraction of sp³-hybridized carbons (Fsp3) is 0.571. The summed E-state index contributed by atoms with van der Waals surface area (Å²) in [7, 11) is 0. The largest absolute Gasteiger partial charge is 0.491 e. The Morgan fingerprint density at radius 2 is 1.88 bits per heavy atom. The van der Waals surface area contributed by atoms with Crippen molar-refractivity contribution in [2.45, 2.75) is 39.0 Å². The number of benzene rings is 1. The predicted octanol–water partition coefficient (Wildman–Crippen LogP) is 3.24. The molecule has 1 aromatic rings. The lowest BCUT2D eigenvalue weighted by Crippen LogP contribution is -2.33. The molecule has 1 rings (SSSR count). The highest BCUT2D eigenvalue weighted by molar-refractivity contribution is 5.34. The summed E-state index contributed by atoms with van der Waals surface area (Å²) in [6.45, 7) is 7.03. The molecule has 0 unspecified atom stereocenters. The summed E-state index contributed by atoms with van der Waals surface area (Å²) in [6.07, 6.45) is 1.82. The second kappa shape index (κ2) is 6.01. The monoisotopic (exact) mass is 239 g/mol. The minimum absolute atomic E-state index is 0.119. The standard InChI is InChI=1S/C14H22FNO/c1-4-14(5-2,10-16)11-7-8-13(17-6-3)12(15)9-11/h7-9H,4-6,10,16H2,1-3H3. The maximum absolute atomic E-state index is 13.8. The molecule has 0 spiro atoms.